The first-order valence-electron chi connectivity index (χ1n) is 4.34. The van der Waals surface area contributed by atoms with Crippen molar-refractivity contribution in [2.45, 2.75) is 0 Å². The van der Waals surface area contributed by atoms with E-state index in [2.05, 4.69) is 0 Å². The lowest BCUT2D eigenvalue weighted by atomic mass is 10.2. The average Bonchev–Trinajstić information content (AvgIpc) is 2.19. The van der Waals surface area contributed by atoms with Gasteiger partial charge in [-0.1, -0.05) is 0 Å². The van der Waals surface area contributed by atoms with Crippen molar-refractivity contribution in [1.82, 2.24) is 0 Å². The maximum Gasteiger partial charge on any atom is 0.265 e. The lowest BCUT2D eigenvalue weighted by Crippen LogP contribution is -2.15. The van der Waals surface area contributed by atoms with Crippen LogP contribution in [-0.2, 0) is 29.8 Å². The van der Waals surface area contributed by atoms with E-state index < -0.39 is 31.7 Å². The number of hydrogen-bond acceptors (Lipinski definition) is 6. The average molecular weight is 298 g/mol. The third-order valence-electron chi connectivity index (χ3n) is 1.42. The van der Waals surface area contributed by atoms with Gasteiger partial charge in [0.05, 0.1) is 11.5 Å². The standard InChI is InChI=1S/C6H4O2.C2H6O6S2/c7-5-1-2-6(8)4-3-5;3-9(4,5)1-2-10(6,7)8/h1-4H;1-2H2,(H,3,4,5)(H,6,7,8). The summed E-state index contributed by atoms with van der Waals surface area (Å²) in [6, 6.07) is 0. The van der Waals surface area contributed by atoms with E-state index in [1.807, 2.05) is 0 Å². The maximum absolute atomic E-state index is 10.3. The van der Waals surface area contributed by atoms with Crippen molar-refractivity contribution >= 4 is 31.8 Å². The van der Waals surface area contributed by atoms with Crippen LogP contribution in [-0.4, -0.2) is 49.0 Å². The lowest BCUT2D eigenvalue weighted by molar-refractivity contribution is -0.113. The van der Waals surface area contributed by atoms with Gasteiger partial charge in [0.2, 0.25) is 0 Å². The van der Waals surface area contributed by atoms with Gasteiger partial charge in [-0.05, 0) is 24.3 Å². The number of hydrogen-bond donors (Lipinski definition) is 2. The van der Waals surface area contributed by atoms with E-state index in [-0.39, 0.29) is 11.6 Å². The van der Waals surface area contributed by atoms with Crippen molar-refractivity contribution < 1.29 is 35.5 Å². The van der Waals surface area contributed by atoms with Gasteiger partial charge in [0, 0.05) is 0 Å². The largest absolute Gasteiger partial charge is 0.290 e. The zero-order valence-corrected chi connectivity index (χ0v) is 10.5. The summed E-state index contributed by atoms with van der Waals surface area (Å²) in [5, 5.41) is 0. The Bertz CT molecular complexity index is 509. The van der Waals surface area contributed by atoms with Crippen molar-refractivity contribution in [3.63, 3.8) is 0 Å². The van der Waals surface area contributed by atoms with Gasteiger partial charge >= 0.3 is 0 Å². The highest BCUT2D eigenvalue weighted by Crippen LogP contribution is 1.90. The topological polar surface area (TPSA) is 143 Å². The summed E-state index contributed by atoms with van der Waals surface area (Å²) in [6.07, 6.45) is 5.01. The molecule has 1 rings (SSSR count). The monoisotopic (exact) mass is 298 g/mol. The molecule has 0 unspecified atom stereocenters. The maximum atomic E-state index is 10.3. The Kier molecular flexibility index (Phi) is 6.05. The summed E-state index contributed by atoms with van der Waals surface area (Å²) in [7, 11) is -8.59. The molecule has 18 heavy (non-hydrogen) atoms. The van der Waals surface area contributed by atoms with Crippen molar-refractivity contribution in [2.75, 3.05) is 11.5 Å². The molecule has 0 amide bonds. The molecular weight excluding hydrogens is 288 g/mol. The summed E-state index contributed by atoms with van der Waals surface area (Å²) in [6.45, 7) is 0. The Balaban J connectivity index is 0.000000327. The summed E-state index contributed by atoms with van der Waals surface area (Å²) in [5.41, 5.74) is 0. The Morgan fingerprint density at radius 3 is 1.11 bits per heavy atom. The van der Waals surface area contributed by atoms with Gasteiger partial charge in [-0.3, -0.25) is 18.7 Å². The third kappa shape index (κ3) is 11.1. The van der Waals surface area contributed by atoms with Crippen LogP contribution in [0.3, 0.4) is 0 Å². The number of carbonyl (C=O) groups excluding carboxylic acids is 2. The molecular formula is C8H10O8S2. The molecule has 0 aromatic heterocycles. The fourth-order valence-electron chi connectivity index (χ4n) is 0.650. The van der Waals surface area contributed by atoms with Crippen LogP contribution in [0.2, 0.25) is 0 Å². The highest BCUT2D eigenvalue weighted by atomic mass is 32.2. The first kappa shape index (κ1) is 16.6. The molecule has 0 aliphatic heterocycles. The van der Waals surface area contributed by atoms with E-state index in [9.17, 15) is 26.4 Å². The zero-order chi connectivity index (χ0) is 14.4. The lowest BCUT2D eigenvalue weighted by Gasteiger charge is -1.92. The summed E-state index contributed by atoms with van der Waals surface area (Å²) in [5.74, 6) is -2.20. The molecule has 0 saturated carbocycles. The second-order valence-electron chi connectivity index (χ2n) is 3.04. The van der Waals surface area contributed by atoms with Crippen LogP contribution in [0.1, 0.15) is 0 Å². The van der Waals surface area contributed by atoms with Crippen LogP contribution in [0.15, 0.2) is 24.3 Å². The molecule has 1 aliphatic rings. The Labute approximate surface area is 103 Å². The fraction of sp³-hybridized carbons (Fsp3) is 0.250. The highest BCUT2D eigenvalue weighted by Gasteiger charge is 2.11. The molecule has 2 N–H and O–H groups in total. The predicted octanol–water partition coefficient (Wildman–Crippen LogP) is -0.987. The minimum Gasteiger partial charge on any atom is -0.290 e. The van der Waals surface area contributed by atoms with E-state index >= 15 is 0 Å². The van der Waals surface area contributed by atoms with Gasteiger partial charge in [0.25, 0.3) is 20.2 Å². The molecule has 0 spiro atoms. The Morgan fingerprint density at radius 1 is 0.722 bits per heavy atom. The molecule has 0 atom stereocenters. The van der Waals surface area contributed by atoms with Gasteiger partial charge < -0.3 is 0 Å². The van der Waals surface area contributed by atoms with E-state index in [0.29, 0.717) is 0 Å². The molecule has 1 aliphatic carbocycles. The smallest absolute Gasteiger partial charge is 0.265 e. The molecule has 0 bridgehead atoms. The van der Waals surface area contributed by atoms with Gasteiger partial charge in [0.1, 0.15) is 0 Å². The van der Waals surface area contributed by atoms with Crippen LogP contribution in [0, 0.1) is 0 Å². The van der Waals surface area contributed by atoms with Crippen LogP contribution in [0.4, 0.5) is 0 Å². The number of carbonyl (C=O) groups is 2. The number of rotatable bonds is 3. The molecule has 0 saturated heterocycles. The normalized spacial score (nSPS) is 15.2. The molecule has 0 radical (unpaired) electrons. The van der Waals surface area contributed by atoms with Crippen LogP contribution >= 0.6 is 0 Å². The third-order valence-corrected chi connectivity index (χ3v) is 3.12. The van der Waals surface area contributed by atoms with Crippen LogP contribution in [0.25, 0.3) is 0 Å². The first-order chi connectivity index (χ1) is 7.99. The van der Waals surface area contributed by atoms with Gasteiger partial charge in [-0.2, -0.15) is 16.8 Å². The number of ketones is 2. The van der Waals surface area contributed by atoms with E-state index in [4.69, 9.17) is 9.11 Å². The molecule has 102 valence electrons. The second kappa shape index (κ2) is 6.54. The predicted molar refractivity (Wildman–Crippen MR) is 61.1 cm³/mol. The second-order valence-corrected chi connectivity index (χ2v) is 6.19. The molecule has 0 aromatic carbocycles. The molecule has 8 nitrogen and oxygen atoms in total. The minimum absolute atomic E-state index is 0.121. The molecule has 0 fully saturated rings. The molecule has 10 heteroatoms. The molecule has 0 heterocycles. The SMILES string of the molecule is O=C1C=CC(=O)C=C1.O=S(=O)(O)CCS(=O)(=O)O. The Hall–Kier alpha value is -1.36. The van der Waals surface area contributed by atoms with E-state index in [0.717, 1.165) is 0 Å². The van der Waals surface area contributed by atoms with Gasteiger partial charge in [-0.15, -0.1) is 0 Å². The summed E-state index contributed by atoms with van der Waals surface area (Å²) >= 11 is 0. The first-order valence-corrected chi connectivity index (χ1v) is 7.56. The van der Waals surface area contributed by atoms with Crippen molar-refractivity contribution in [3.05, 3.63) is 24.3 Å². The van der Waals surface area contributed by atoms with E-state index in [1.165, 1.54) is 24.3 Å². The fourth-order valence-corrected chi connectivity index (χ4v) is 2.34. The van der Waals surface area contributed by atoms with Crippen LogP contribution in [0.5, 0.6) is 0 Å². The van der Waals surface area contributed by atoms with Gasteiger partial charge in [-0.25, -0.2) is 0 Å². The quantitative estimate of drug-likeness (QED) is 0.499. The zero-order valence-electron chi connectivity index (χ0n) is 8.88. The molecule has 0 aromatic rings. The minimum atomic E-state index is -4.30. The summed E-state index contributed by atoms with van der Waals surface area (Å²) in [4.78, 5) is 20.6. The van der Waals surface area contributed by atoms with Gasteiger partial charge in [0.15, 0.2) is 11.6 Å². The van der Waals surface area contributed by atoms with Crippen molar-refractivity contribution in [1.29, 1.82) is 0 Å². The highest BCUT2D eigenvalue weighted by molar-refractivity contribution is 7.89. The van der Waals surface area contributed by atoms with Crippen molar-refractivity contribution in [3.8, 4) is 0 Å². The van der Waals surface area contributed by atoms with E-state index in [1.54, 1.807) is 0 Å². The van der Waals surface area contributed by atoms with Crippen molar-refractivity contribution in [2.24, 2.45) is 0 Å². The van der Waals surface area contributed by atoms with Crippen LogP contribution < -0.4 is 0 Å². The summed E-state index contributed by atoms with van der Waals surface area (Å²) < 4.78 is 55.4. The number of allylic oxidation sites excluding steroid dienone is 4. The Morgan fingerprint density at radius 2 is 0.944 bits per heavy atom.